The summed E-state index contributed by atoms with van der Waals surface area (Å²) < 4.78 is 11.3. The molecular weight excluding hydrogens is 348 g/mol. The van der Waals surface area contributed by atoms with Gasteiger partial charge in [0.1, 0.15) is 11.5 Å². The van der Waals surface area contributed by atoms with E-state index in [1.807, 2.05) is 5.38 Å². The van der Waals surface area contributed by atoms with Gasteiger partial charge in [-0.05, 0) is 23.9 Å². The largest absolute Gasteiger partial charge is 0.496 e. The van der Waals surface area contributed by atoms with Gasteiger partial charge in [-0.1, -0.05) is 64.7 Å². The highest BCUT2D eigenvalue weighted by Crippen LogP contribution is 2.40. The third-order valence-corrected chi connectivity index (χ3v) is 6.40. The molecule has 0 aliphatic heterocycles. The van der Waals surface area contributed by atoms with Crippen LogP contribution in [0.3, 0.4) is 0 Å². The van der Waals surface area contributed by atoms with Gasteiger partial charge in [0.15, 0.2) is 0 Å². The fourth-order valence-electron chi connectivity index (χ4n) is 2.91. The maximum Gasteiger partial charge on any atom is 0.138 e. The number of methoxy groups -OCH3 is 1. The molecule has 2 aromatic rings. The first-order valence-corrected chi connectivity index (χ1v) is 11.4. The molecule has 0 saturated heterocycles. The molecule has 0 radical (unpaired) electrons. The predicted molar refractivity (Wildman–Crippen MR) is 112 cm³/mol. The lowest BCUT2D eigenvalue weighted by Gasteiger charge is -2.06. The summed E-state index contributed by atoms with van der Waals surface area (Å²) in [5.41, 5.74) is 0. The second kappa shape index (κ2) is 12.4. The van der Waals surface area contributed by atoms with Crippen molar-refractivity contribution in [1.29, 1.82) is 0 Å². The lowest BCUT2D eigenvalue weighted by Crippen LogP contribution is -1.97. The van der Waals surface area contributed by atoms with E-state index in [0.717, 1.165) is 24.5 Å². The van der Waals surface area contributed by atoms with Crippen LogP contribution in [0.4, 0.5) is 0 Å². The summed E-state index contributed by atoms with van der Waals surface area (Å²) in [5.74, 6) is 1.94. The van der Waals surface area contributed by atoms with E-state index < -0.39 is 0 Å². The van der Waals surface area contributed by atoms with Crippen molar-refractivity contribution in [3.8, 4) is 21.3 Å². The second-order valence-corrected chi connectivity index (χ2v) is 8.32. The van der Waals surface area contributed by atoms with Crippen LogP contribution in [0.25, 0.3) is 9.75 Å². The molecule has 0 fully saturated rings. The molecule has 0 aliphatic rings. The molecule has 0 N–H and O–H groups in total. The number of rotatable bonds is 14. The van der Waals surface area contributed by atoms with Gasteiger partial charge in [0.2, 0.25) is 0 Å². The maximum absolute atomic E-state index is 6.02. The molecule has 0 saturated carbocycles. The molecule has 0 aliphatic carbocycles. The Bertz CT molecular complexity index is 574. The summed E-state index contributed by atoms with van der Waals surface area (Å²) in [6.07, 6.45) is 13.6. The van der Waals surface area contributed by atoms with E-state index in [-0.39, 0.29) is 0 Å². The molecule has 2 aromatic heterocycles. The van der Waals surface area contributed by atoms with Gasteiger partial charge in [-0.25, -0.2) is 0 Å². The molecule has 4 heteroatoms. The van der Waals surface area contributed by atoms with Crippen molar-refractivity contribution in [3.63, 3.8) is 0 Å². The Labute approximate surface area is 161 Å². The molecule has 0 amide bonds. The van der Waals surface area contributed by atoms with E-state index in [4.69, 9.17) is 9.47 Å². The Kier molecular flexibility index (Phi) is 10.1. The van der Waals surface area contributed by atoms with Crippen LogP contribution in [0.1, 0.15) is 71.1 Å². The minimum absolute atomic E-state index is 0.822. The number of hydrogen-bond donors (Lipinski definition) is 0. The topological polar surface area (TPSA) is 18.5 Å². The van der Waals surface area contributed by atoms with Crippen molar-refractivity contribution in [1.82, 2.24) is 0 Å². The first-order chi connectivity index (χ1) is 12.3. The quantitative estimate of drug-likeness (QED) is 0.311. The van der Waals surface area contributed by atoms with Gasteiger partial charge in [-0.2, -0.15) is 0 Å². The zero-order chi connectivity index (χ0) is 17.7. The van der Waals surface area contributed by atoms with Crippen molar-refractivity contribution < 1.29 is 9.47 Å². The molecule has 25 heavy (non-hydrogen) atoms. The Hall–Kier alpha value is -1.00. The number of hydrogen-bond acceptors (Lipinski definition) is 4. The highest BCUT2D eigenvalue weighted by atomic mass is 32.1. The van der Waals surface area contributed by atoms with E-state index in [1.165, 1.54) is 67.5 Å². The monoisotopic (exact) mass is 380 g/mol. The van der Waals surface area contributed by atoms with Crippen LogP contribution < -0.4 is 9.47 Å². The Morgan fingerprint density at radius 2 is 1.56 bits per heavy atom. The minimum atomic E-state index is 0.822. The standard InChI is InChI=1S/C21H32O2S2/c1-3-4-5-6-7-8-9-10-11-12-14-23-19-13-15-24-21(19)20-16-18(22-2)17-25-20/h13,15-17H,3-12,14H2,1-2H3. The van der Waals surface area contributed by atoms with E-state index in [9.17, 15) is 0 Å². The second-order valence-electron chi connectivity index (χ2n) is 6.50. The van der Waals surface area contributed by atoms with Crippen molar-refractivity contribution in [3.05, 3.63) is 22.9 Å². The summed E-state index contributed by atoms with van der Waals surface area (Å²) >= 11 is 3.45. The number of ether oxygens (including phenoxy) is 2. The molecule has 0 unspecified atom stereocenters. The molecule has 0 spiro atoms. The van der Waals surface area contributed by atoms with Gasteiger partial charge in [0.05, 0.1) is 23.5 Å². The molecule has 0 bridgehead atoms. The maximum atomic E-state index is 6.02. The summed E-state index contributed by atoms with van der Waals surface area (Å²) in [6.45, 7) is 3.10. The summed E-state index contributed by atoms with van der Waals surface area (Å²) in [7, 11) is 1.71. The Morgan fingerprint density at radius 3 is 2.20 bits per heavy atom. The van der Waals surface area contributed by atoms with Crippen molar-refractivity contribution in [2.45, 2.75) is 71.1 Å². The Morgan fingerprint density at radius 1 is 0.880 bits per heavy atom. The lowest BCUT2D eigenvalue weighted by atomic mass is 10.1. The zero-order valence-corrected chi connectivity index (χ0v) is 17.4. The number of unbranched alkanes of at least 4 members (excludes halogenated alkanes) is 9. The zero-order valence-electron chi connectivity index (χ0n) is 15.7. The van der Waals surface area contributed by atoms with Crippen molar-refractivity contribution in [2.75, 3.05) is 13.7 Å². The normalized spacial score (nSPS) is 11.0. The average Bonchev–Trinajstić information content (AvgIpc) is 3.28. The predicted octanol–water partition coefficient (Wildman–Crippen LogP) is 7.78. The summed E-state index contributed by atoms with van der Waals surface area (Å²) in [6, 6.07) is 4.17. The Balaban J connectivity index is 1.56. The SMILES string of the molecule is CCCCCCCCCCCCOc1ccsc1-c1cc(OC)cs1. The molecule has 2 heterocycles. The van der Waals surface area contributed by atoms with Crippen LogP contribution in [-0.4, -0.2) is 13.7 Å². The first-order valence-electron chi connectivity index (χ1n) is 9.68. The van der Waals surface area contributed by atoms with Crippen molar-refractivity contribution >= 4 is 22.7 Å². The summed E-state index contributed by atoms with van der Waals surface area (Å²) in [5, 5.41) is 4.15. The first kappa shape index (κ1) is 20.3. The number of thiophene rings is 2. The highest BCUT2D eigenvalue weighted by Gasteiger charge is 2.11. The molecule has 2 nitrogen and oxygen atoms in total. The van der Waals surface area contributed by atoms with Crippen LogP contribution >= 0.6 is 22.7 Å². The van der Waals surface area contributed by atoms with Crippen LogP contribution in [0.15, 0.2) is 22.9 Å². The van der Waals surface area contributed by atoms with Crippen LogP contribution in [0.2, 0.25) is 0 Å². The smallest absolute Gasteiger partial charge is 0.138 e. The third kappa shape index (κ3) is 7.41. The van der Waals surface area contributed by atoms with E-state index >= 15 is 0 Å². The van der Waals surface area contributed by atoms with Gasteiger partial charge in [0.25, 0.3) is 0 Å². The van der Waals surface area contributed by atoms with Gasteiger partial charge >= 0.3 is 0 Å². The molecule has 2 rings (SSSR count). The highest BCUT2D eigenvalue weighted by molar-refractivity contribution is 7.20. The van der Waals surface area contributed by atoms with E-state index in [2.05, 4.69) is 24.4 Å². The van der Waals surface area contributed by atoms with Gasteiger partial charge in [-0.3, -0.25) is 0 Å². The van der Waals surface area contributed by atoms with Crippen LogP contribution in [0, 0.1) is 0 Å². The van der Waals surface area contributed by atoms with E-state index in [1.54, 1.807) is 29.8 Å². The van der Waals surface area contributed by atoms with Crippen LogP contribution in [-0.2, 0) is 0 Å². The fourth-order valence-corrected chi connectivity index (χ4v) is 4.74. The fraction of sp³-hybridized carbons (Fsp3) is 0.619. The van der Waals surface area contributed by atoms with E-state index in [0.29, 0.717) is 0 Å². The summed E-state index contributed by atoms with van der Waals surface area (Å²) in [4.78, 5) is 2.45. The average molecular weight is 381 g/mol. The molecule has 0 atom stereocenters. The van der Waals surface area contributed by atoms with Crippen LogP contribution in [0.5, 0.6) is 11.5 Å². The third-order valence-electron chi connectivity index (χ3n) is 4.42. The van der Waals surface area contributed by atoms with Gasteiger partial charge in [0, 0.05) is 5.38 Å². The minimum Gasteiger partial charge on any atom is -0.496 e. The molecule has 140 valence electrons. The van der Waals surface area contributed by atoms with Crippen molar-refractivity contribution in [2.24, 2.45) is 0 Å². The molecule has 0 aromatic carbocycles. The molecular formula is C21H32O2S2. The van der Waals surface area contributed by atoms with Gasteiger partial charge < -0.3 is 9.47 Å². The van der Waals surface area contributed by atoms with Gasteiger partial charge in [-0.15, -0.1) is 22.7 Å². The lowest BCUT2D eigenvalue weighted by molar-refractivity contribution is 0.306.